The zero-order chi connectivity index (χ0) is 13.0. The van der Waals surface area contributed by atoms with E-state index in [4.69, 9.17) is 4.74 Å². The van der Waals surface area contributed by atoms with Crippen molar-refractivity contribution in [1.82, 2.24) is 5.32 Å². The van der Waals surface area contributed by atoms with Crippen molar-refractivity contribution in [3.05, 3.63) is 29.8 Å². The highest BCUT2D eigenvalue weighted by Gasteiger charge is 2.39. The third-order valence-electron chi connectivity index (χ3n) is 3.45. The monoisotopic (exact) mass is 265 g/mol. The molecule has 3 heteroatoms. The maximum Gasteiger partial charge on any atom is 0.0586 e. The van der Waals surface area contributed by atoms with Crippen LogP contribution < -0.4 is 5.32 Å². The van der Waals surface area contributed by atoms with E-state index in [1.165, 1.54) is 10.5 Å². The summed E-state index contributed by atoms with van der Waals surface area (Å²) in [4.78, 5) is 1.36. The molecule has 100 valence electrons. The molecule has 2 rings (SSSR count). The lowest BCUT2D eigenvalue weighted by Crippen LogP contribution is -2.48. The van der Waals surface area contributed by atoms with Gasteiger partial charge in [0.25, 0.3) is 0 Å². The van der Waals surface area contributed by atoms with Crippen LogP contribution in [-0.4, -0.2) is 32.1 Å². The first-order valence-corrected chi connectivity index (χ1v) is 7.54. The van der Waals surface area contributed by atoms with E-state index in [0.29, 0.717) is 5.25 Å². The fraction of sp³-hybridized carbons (Fsp3) is 0.600. The molecule has 0 aromatic heterocycles. The molecule has 1 aromatic carbocycles. The molecule has 0 aliphatic carbocycles. The van der Waals surface area contributed by atoms with Crippen LogP contribution in [0.2, 0.25) is 0 Å². The Morgan fingerprint density at radius 2 is 1.94 bits per heavy atom. The zero-order valence-electron chi connectivity index (χ0n) is 11.5. The van der Waals surface area contributed by atoms with Gasteiger partial charge in [-0.1, -0.05) is 26.0 Å². The van der Waals surface area contributed by atoms with Gasteiger partial charge in [-0.25, -0.2) is 0 Å². The van der Waals surface area contributed by atoms with E-state index in [-0.39, 0.29) is 5.41 Å². The number of rotatable bonds is 6. The Morgan fingerprint density at radius 3 is 2.39 bits per heavy atom. The molecule has 18 heavy (non-hydrogen) atoms. The highest BCUT2D eigenvalue weighted by atomic mass is 32.2. The summed E-state index contributed by atoms with van der Waals surface area (Å²) in [7, 11) is 2.01. The van der Waals surface area contributed by atoms with Crippen molar-refractivity contribution in [3.8, 4) is 0 Å². The van der Waals surface area contributed by atoms with E-state index in [1.807, 2.05) is 18.8 Å². The van der Waals surface area contributed by atoms with Crippen LogP contribution in [0.5, 0.6) is 0 Å². The van der Waals surface area contributed by atoms with Gasteiger partial charge in [-0.2, -0.15) is 0 Å². The number of nitrogens with one attached hydrogen (secondary N) is 1. The topological polar surface area (TPSA) is 21.3 Å². The van der Waals surface area contributed by atoms with Gasteiger partial charge in [0.05, 0.1) is 13.2 Å². The fourth-order valence-corrected chi connectivity index (χ4v) is 3.16. The van der Waals surface area contributed by atoms with E-state index in [1.54, 1.807) is 0 Å². The van der Waals surface area contributed by atoms with Crippen molar-refractivity contribution < 1.29 is 4.74 Å². The van der Waals surface area contributed by atoms with Crippen LogP contribution in [0.15, 0.2) is 29.2 Å². The Labute approximate surface area is 114 Å². The van der Waals surface area contributed by atoms with Crippen LogP contribution in [0.3, 0.4) is 0 Å². The molecule has 1 saturated heterocycles. The summed E-state index contributed by atoms with van der Waals surface area (Å²) in [6.07, 6.45) is 1.15. The summed E-state index contributed by atoms with van der Waals surface area (Å²) in [6, 6.07) is 9.06. The van der Waals surface area contributed by atoms with E-state index in [0.717, 1.165) is 26.2 Å². The average Bonchev–Trinajstić information content (AvgIpc) is 2.29. The van der Waals surface area contributed by atoms with Gasteiger partial charge < -0.3 is 10.1 Å². The fourth-order valence-electron chi connectivity index (χ4n) is 2.33. The average molecular weight is 265 g/mol. The van der Waals surface area contributed by atoms with Crippen LogP contribution in [0, 0.1) is 0 Å². The Balaban J connectivity index is 2.07. The number of ether oxygens (including phenoxy) is 1. The van der Waals surface area contributed by atoms with Crippen molar-refractivity contribution in [2.75, 3.05) is 26.8 Å². The van der Waals surface area contributed by atoms with Gasteiger partial charge in [-0.3, -0.25) is 0 Å². The lowest BCUT2D eigenvalue weighted by Gasteiger charge is -2.42. The molecular weight excluding hydrogens is 242 g/mol. The molecular formula is C15H23NOS. The van der Waals surface area contributed by atoms with Crippen LogP contribution >= 0.6 is 11.8 Å². The number of hydrogen-bond donors (Lipinski definition) is 1. The maximum absolute atomic E-state index is 5.45. The van der Waals surface area contributed by atoms with E-state index in [2.05, 4.69) is 43.4 Å². The van der Waals surface area contributed by atoms with Crippen molar-refractivity contribution in [1.29, 1.82) is 0 Å². The second kappa shape index (κ2) is 6.09. The standard InChI is InChI=1S/C15H23NOS/c1-12(2)18-14-6-4-13(5-7-14)15(8-9-16-3)10-17-11-15/h4-7,12,16H,8-11H2,1-3H3. The summed E-state index contributed by atoms with van der Waals surface area (Å²) in [5.74, 6) is 0. The van der Waals surface area contributed by atoms with Crippen LogP contribution in [0.25, 0.3) is 0 Å². The summed E-state index contributed by atoms with van der Waals surface area (Å²) in [5, 5.41) is 3.88. The van der Waals surface area contributed by atoms with Crippen molar-refractivity contribution in [2.24, 2.45) is 0 Å². The number of hydrogen-bond acceptors (Lipinski definition) is 3. The van der Waals surface area contributed by atoms with Gasteiger partial charge in [0.1, 0.15) is 0 Å². The van der Waals surface area contributed by atoms with E-state index >= 15 is 0 Å². The molecule has 1 aromatic rings. The second-order valence-corrected chi connectivity index (χ2v) is 6.97. The predicted molar refractivity (Wildman–Crippen MR) is 78.5 cm³/mol. The molecule has 1 aliphatic heterocycles. The van der Waals surface area contributed by atoms with E-state index in [9.17, 15) is 0 Å². The van der Waals surface area contributed by atoms with Gasteiger partial charge in [0.15, 0.2) is 0 Å². The van der Waals surface area contributed by atoms with Gasteiger partial charge in [-0.05, 0) is 37.7 Å². The summed E-state index contributed by atoms with van der Waals surface area (Å²) in [6.45, 7) is 7.24. The minimum absolute atomic E-state index is 0.254. The molecule has 2 nitrogen and oxygen atoms in total. The van der Waals surface area contributed by atoms with Gasteiger partial charge in [0.2, 0.25) is 0 Å². The minimum atomic E-state index is 0.254. The van der Waals surface area contributed by atoms with E-state index < -0.39 is 0 Å². The molecule has 0 atom stereocenters. The SMILES string of the molecule is CNCCC1(c2ccc(SC(C)C)cc2)COC1. The molecule has 0 unspecified atom stereocenters. The molecule has 0 bridgehead atoms. The Morgan fingerprint density at radius 1 is 1.28 bits per heavy atom. The maximum atomic E-state index is 5.45. The quantitative estimate of drug-likeness (QED) is 0.799. The molecule has 0 spiro atoms. The second-order valence-electron chi connectivity index (χ2n) is 5.32. The Kier molecular flexibility index (Phi) is 4.71. The van der Waals surface area contributed by atoms with Gasteiger partial charge in [0, 0.05) is 15.6 Å². The first-order valence-electron chi connectivity index (χ1n) is 6.66. The number of benzene rings is 1. The predicted octanol–water partition coefficient (Wildman–Crippen LogP) is 3.06. The smallest absolute Gasteiger partial charge is 0.0586 e. The van der Waals surface area contributed by atoms with Crippen molar-refractivity contribution in [3.63, 3.8) is 0 Å². The Hall–Kier alpha value is -0.510. The molecule has 0 amide bonds. The van der Waals surface area contributed by atoms with Crippen LogP contribution in [-0.2, 0) is 10.2 Å². The molecule has 0 radical (unpaired) electrons. The third-order valence-corrected chi connectivity index (χ3v) is 4.46. The number of thioether (sulfide) groups is 1. The highest BCUT2D eigenvalue weighted by molar-refractivity contribution is 7.99. The van der Waals surface area contributed by atoms with Crippen LogP contribution in [0.4, 0.5) is 0 Å². The van der Waals surface area contributed by atoms with Gasteiger partial charge in [-0.15, -0.1) is 11.8 Å². The molecule has 1 heterocycles. The normalized spacial score (nSPS) is 17.8. The summed E-state index contributed by atoms with van der Waals surface area (Å²) in [5.41, 5.74) is 1.68. The van der Waals surface area contributed by atoms with Crippen molar-refractivity contribution >= 4 is 11.8 Å². The summed E-state index contributed by atoms with van der Waals surface area (Å²) < 4.78 is 5.45. The lowest BCUT2D eigenvalue weighted by molar-refractivity contribution is -0.0638. The molecule has 0 saturated carbocycles. The lowest BCUT2D eigenvalue weighted by atomic mass is 9.76. The van der Waals surface area contributed by atoms with Gasteiger partial charge >= 0.3 is 0 Å². The largest absolute Gasteiger partial charge is 0.379 e. The van der Waals surface area contributed by atoms with Crippen molar-refractivity contribution in [2.45, 2.75) is 35.8 Å². The summed E-state index contributed by atoms with van der Waals surface area (Å²) >= 11 is 1.92. The highest BCUT2D eigenvalue weighted by Crippen LogP contribution is 2.36. The molecule has 1 N–H and O–H groups in total. The third kappa shape index (κ3) is 3.08. The van der Waals surface area contributed by atoms with Crippen LogP contribution in [0.1, 0.15) is 25.8 Å². The first kappa shape index (κ1) is 13.9. The zero-order valence-corrected chi connectivity index (χ0v) is 12.3. The first-order chi connectivity index (χ1) is 8.66. The minimum Gasteiger partial charge on any atom is -0.379 e. The Bertz CT molecular complexity index is 371. The molecule has 1 fully saturated rings. The molecule has 1 aliphatic rings.